The molecule has 2 N–H and O–H groups in total. The van der Waals surface area contributed by atoms with Gasteiger partial charge in [0.2, 0.25) is 5.91 Å². The Bertz CT molecular complexity index is 418. The number of carbonyl (C=O) groups excluding carboxylic acids is 1. The second-order valence-electron chi connectivity index (χ2n) is 4.22. The van der Waals surface area contributed by atoms with Crippen molar-refractivity contribution < 1.29 is 13.6 Å². The van der Waals surface area contributed by atoms with Crippen molar-refractivity contribution in [2.75, 3.05) is 13.1 Å². The largest absolute Gasteiger partial charge is 0.349 e. The second kappa shape index (κ2) is 6.11. The van der Waals surface area contributed by atoms with Crippen LogP contribution in [-0.4, -0.2) is 19.0 Å². The number of hydrogen-bond acceptors (Lipinski definition) is 2. The molecule has 0 radical (unpaired) electrons. The molecular formula is C12H15ClF2N2O. The molecule has 0 saturated carbocycles. The summed E-state index contributed by atoms with van der Waals surface area (Å²) < 4.78 is 26.9. The molecule has 1 aliphatic heterocycles. The van der Waals surface area contributed by atoms with E-state index in [0.717, 1.165) is 0 Å². The molecule has 0 aromatic heterocycles. The van der Waals surface area contributed by atoms with E-state index in [9.17, 15) is 13.6 Å². The Balaban J connectivity index is 0.00000162. The zero-order valence-electron chi connectivity index (χ0n) is 9.87. The zero-order chi connectivity index (χ0) is 12.4. The smallest absolute Gasteiger partial charge is 0.226 e. The van der Waals surface area contributed by atoms with Gasteiger partial charge in [0.25, 0.3) is 0 Å². The zero-order valence-corrected chi connectivity index (χ0v) is 10.7. The van der Waals surface area contributed by atoms with E-state index >= 15 is 0 Å². The maximum Gasteiger partial charge on any atom is 0.226 e. The van der Waals surface area contributed by atoms with E-state index in [1.54, 1.807) is 6.92 Å². The Kier molecular flexibility index (Phi) is 5.04. The molecule has 0 spiro atoms. The Morgan fingerprint density at radius 2 is 1.94 bits per heavy atom. The first-order valence-corrected chi connectivity index (χ1v) is 5.54. The molecule has 2 rings (SSSR count). The first kappa shape index (κ1) is 14.9. The minimum Gasteiger partial charge on any atom is -0.349 e. The third-order valence-corrected chi connectivity index (χ3v) is 2.94. The Labute approximate surface area is 110 Å². The molecule has 0 aliphatic carbocycles. The SMILES string of the molecule is CC(NC(=O)C1CNC1)c1c(F)cccc1F.Cl. The lowest BCUT2D eigenvalue weighted by Gasteiger charge is -2.27. The molecule has 1 amide bonds. The Morgan fingerprint density at radius 1 is 1.39 bits per heavy atom. The van der Waals surface area contributed by atoms with Gasteiger partial charge in [0.15, 0.2) is 0 Å². The third kappa shape index (κ3) is 2.97. The lowest BCUT2D eigenvalue weighted by atomic mass is 10.0. The first-order chi connectivity index (χ1) is 8.09. The summed E-state index contributed by atoms with van der Waals surface area (Å²) in [5, 5.41) is 5.59. The molecule has 1 aromatic carbocycles. The third-order valence-electron chi connectivity index (χ3n) is 2.94. The van der Waals surface area contributed by atoms with Crippen molar-refractivity contribution in [3.8, 4) is 0 Å². The average molecular weight is 277 g/mol. The minimum absolute atomic E-state index is 0. The molecule has 0 bridgehead atoms. The van der Waals surface area contributed by atoms with Crippen molar-refractivity contribution in [1.29, 1.82) is 0 Å². The number of amides is 1. The summed E-state index contributed by atoms with van der Waals surface area (Å²) in [7, 11) is 0. The predicted octanol–water partition coefficient (Wildman–Crippen LogP) is 1.78. The number of rotatable bonds is 3. The number of hydrogen-bond donors (Lipinski definition) is 2. The van der Waals surface area contributed by atoms with Crippen LogP contribution in [0.2, 0.25) is 0 Å². The second-order valence-corrected chi connectivity index (χ2v) is 4.22. The highest BCUT2D eigenvalue weighted by molar-refractivity contribution is 5.85. The summed E-state index contributed by atoms with van der Waals surface area (Å²) in [6, 6.07) is 3.01. The molecule has 1 heterocycles. The van der Waals surface area contributed by atoms with E-state index in [1.165, 1.54) is 18.2 Å². The van der Waals surface area contributed by atoms with E-state index in [-0.39, 0.29) is 29.8 Å². The number of halogens is 3. The maximum atomic E-state index is 13.4. The summed E-state index contributed by atoms with van der Waals surface area (Å²) in [6.07, 6.45) is 0. The van der Waals surface area contributed by atoms with Crippen molar-refractivity contribution in [3.05, 3.63) is 35.4 Å². The lowest BCUT2D eigenvalue weighted by molar-refractivity contribution is -0.127. The Hall–Kier alpha value is -1.20. The summed E-state index contributed by atoms with van der Waals surface area (Å²) >= 11 is 0. The molecule has 3 nitrogen and oxygen atoms in total. The van der Waals surface area contributed by atoms with Gasteiger partial charge in [-0.3, -0.25) is 4.79 Å². The highest BCUT2D eigenvalue weighted by atomic mass is 35.5. The molecular weight excluding hydrogens is 262 g/mol. The highest BCUT2D eigenvalue weighted by Crippen LogP contribution is 2.20. The molecule has 1 aliphatic rings. The molecule has 1 fully saturated rings. The van der Waals surface area contributed by atoms with Crippen molar-refractivity contribution in [1.82, 2.24) is 10.6 Å². The van der Waals surface area contributed by atoms with Crippen LogP contribution in [0.3, 0.4) is 0 Å². The van der Waals surface area contributed by atoms with E-state index in [0.29, 0.717) is 13.1 Å². The van der Waals surface area contributed by atoms with Gasteiger partial charge in [0.1, 0.15) is 11.6 Å². The van der Waals surface area contributed by atoms with Gasteiger partial charge < -0.3 is 10.6 Å². The highest BCUT2D eigenvalue weighted by Gasteiger charge is 2.27. The fourth-order valence-electron chi connectivity index (χ4n) is 1.80. The van der Waals surface area contributed by atoms with E-state index < -0.39 is 17.7 Å². The molecule has 100 valence electrons. The monoisotopic (exact) mass is 276 g/mol. The molecule has 6 heteroatoms. The molecule has 18 heavy (non-hydrogen) atoms. The van der Waals surface area contributed by atoms with Crippen LogP contribution in [0.15, 0.2) is 18.2 Å². The van der Waals surface area contributed by atoms with Gasteiger partial charge in [-0.25, -0.2) is 8.78 Å². The summed E-state index contributed by atoms with van der Waals surface area (Å²) in [6.45, 7) is 2.82. The van der Waals surface area contributed by atoms with E-state index in [4.69, 9.17) is 0 Å². The predicted molar refractivity (Wildman–Crippen MR) is 66.5 cm³/mol. The molecule has 1 aromatic rings. The fraction of sp³-hybridized carbons (Fsp3) is 0.417. The quantitative estimate of drug-likeness (QED) is 0.884. The van der Waals surface area contributed by atoms with Gasteiger partial charge in [0, 0.05) is 18.7 Å². The van der Waals surface area contributed by atoms with Gasteiger partial charge in [0.05, 0.1) is 12.0 Å². The number of nitrogens with one attached hydrogen (secondary N) is 2. The molecule has 1 saturated heterocycles. The van der Waals surface area contributed by atoms with Crippen LogP contribution in [-0.2, 0) is 4.79 Å². The maximum absolute atomic E-state index is 13.4. The fourth-order valence-corrected chi connectivity index (χ4v) is 1.80. The van der Waals surface area contributed by atoms with E-state index in [2.05, 4.69) is 10.6 Å². The van der Waals surface area contributed by atoms with Crippen molar-refractivity contribution in [3.63, 3.8) is 0 Å². The first-order valence-electron chi connectivity index (χ1n) is 5.54. The van der Waals surface area contributed by atoms with Gasteiger partial charge >= 0.3 is 0 Å². The van der Waals surface area contributed by atoms with Crippen LogP contribution >= 0.6 is 12.4 Å². The van der Waals surface area contributed by atoms with Gasteiger partial charge in [-0.2, -0.15) is 0 Å². The van der Waals surface area contributed by atoms with Crippen molar-refractivity contribution in [2.24, 2.45) is 5.92 Å². The Morgan fingerprint density at radius 3 is 2.39 bits per heavy atom. The van der Waals surface area contributed by atoms with Crippen molar-refractivity contribution >= 4 is 18.3 Å². The van der Waals surface area contributed by atoms with Crippen LogP contribution in [0.25, 0.3) is 0 Å². The molecule has 1 unspecified atom stereocenters. The van der Waals surface area contributed by atoms with Gasteiger partial charge in [-0.1, -0.05) is 6.07 Å². The van der Waals surface area contributed by atoms with Crippen LogP contribution in [0, 0.1) is 17.6 Å². The van der Waals surface area contributed by atoms with Crippen LogP contribution < -0.4 is 10.6 Å². The molecule has 1 atom stereocenters. The van der Waals surface area contributed by atoms with E-state index in [1.807, 2.05) is 0 Å². The van der Waals surface area contributed by atoms with Crippen LogP contribution in [0.1, 0.15) is 18.5 Å². The average Bonchev–Trinajstić information content (AvgIpc) is 2.13. The van der Waals surface area contributed by atoms with Crippen LogP contribution in [0.5, 0.6) is 0 Å². The summed E-state index contributed by atoms with van der Waals surface area (Å²) in [5.74, 6) is -1.53. The van der Waals surface area contributed by atoms with Gasteiger partial charge in [-0.15, -0.1) is 12.4 Å². The number of benzene rings is 1. The summed E-state index contributed by atoms with van der Waals surface area (Å²) in [5.41, 5.74) is -0.0897. The van der Waals surface area contributed by atoms with Gasteiger partial charge in [-0.05, 0) is 19.1 Å². The minimum atomic E-state index is -0.663. The number of carbonyl (C=O) groups is 1. The topological polar surface area (TPSA) is 41.1 Å². The van der Waals surface area contributed by atoms with Crippen molar-refractivity contribution in [2.45, 2.75) is 13.0 Å². The lowest BCUT2D eigenvalue weighted by Crippen LogP contribution is -2.51. The van der Waals surface area contributed by atoms with Crippen LogP contribution in [0.4, 0.5) is 8.78 Å². The summed E-state index contributed by atoms with van der Waals surface area (Å²) in [4.78, 5) is 11.6. The standard InChI is InChI=1S/C12H14F2N2O.ClH/c1-7(16-12(17)8-5-15-6-8)11-9(13)3-2-4-10(11)14;/h2-4,7-8,15H,5-6H2,1H3,(H,16,17);1H. The normalized spacial score (nSPS) is 16.4.